The van der Waals surface area contributed by atoms with E-state index >= 15 is 0 Å². The van der Waals surface area contributed by atoms with Gasteiger partial charge >= 0.3 is 0 Å². The average Bonchev–Trinajstić information content (AvgIpc) is 2.61. The lowest BCUT2D eigenvalue weighted by atomic mass is 10.0. The first kappa shape index (κ1) is 16.7. The Morgan fingerprint density at radius 2 is 1.75 bits per heavy atom. The molecule has 2 nitrogen and oxygen atoms in total. The number of anilines is 1. The quantitative estimate of drug-likeness (QED) is 0.536. The summed E-state index contributed by atoms with van der Waals surface area (Å²) in [6.45, 7) is 0.621. The molecule has 0 aromatic heterocycles. The normalized spacial score (nSPS) is 10.4. The second-order valence-corrected chi connectivity index (χ2v) is 6.72. The van der Waals surface area contributed by atoms with E-state index in [0.717, 1.165) is 15.7 Å². The van der Waals surface area contributed by atoms with Gasteiger partial charge in [-0.1, -0.05) is 70.0 Å². The van der Waals surface area contributed by atoms with Crippen molar-refractivity contribution in [2.75, 3.05) is 5.32 Å². The van der Waals surface area contributed by atoms with Crippen molar-refractivity contribution < 1.29 is 4.79 Å². The molecule has 0 aliphatic carbocycles. The summed E-state index contributed by atoms with van der Waals surface area (Å²) in [5.74, 6) is -0.0464. The van der Waals surface area contributed by atoms with Gasteiger partial charge in [0, 0.05) is 32.9 Å². The van der Waals surface area contributed by atoms with E-state index in [4.69, 9.17) is 11.6 Å². The summed E-state index contributed by atoms with van der Waals surface area (Å²) in [6.07, 6.45) is 0. The minimum Gasteiger partial charge on any atom is -0.380 e. The molecule has 0 fully saturated rings. The first-order chi connectivity index (χ1) is 11.6. The Bertz CT molecular complexity index is 865. The summed E-state index contributed by atoms with van der Waals surface area (Å²) < 4.78 is 1.03. The number of hydrogen-bond donors (Lipinski definition) is 1. The smallest absolute Gasteiger partial charge is 0.195 e. The topological polar surface area (TPSA) is 29.1 Å². The van der Waals surface area contributed by atoms with Crippen molar-refractivity contribution in [1.29, 1.82) is 0 Å². The van der Waals surface area contributed by atoms with E-state index in [1.807, 2.05) is 48.5 Å². The standard InChI is InChI=1S/C20H15BrClNO/c21-16-8-4-5-14(11-16)13-23-19-10-9-17(22)12-18(19)20(24)15-6-2-1-3-7-15/h1-12,23H,13H2. The third kappa shape index (κ3) is 4.05. The number of ketones is 1. The van der Waals surface area contributed by atoms with Crippen LogP contribution >= 0.6 is 27.5 Å². The van der Waals surface area contributed by atoms with E-state index in [0.29, 0.717) is 22.7 Å². The van der Waals surface area contributed by atoms with E-state index in [2.05, 4.69) is 21.2 Å². The molecule has 0 saturated heterocycles. The molecule has 0 aliphatic rings. The molecule has 3 aromatic rings. The lowest BCUT2D eigenvalue weighted by Crippen LogP contribution is -2.08. The van der Waals surface area contributed by atoms with Gasteiger partial charge in [0.1, 0.15) is 0 Å². The van der Waals surface area contributed by atoms with Gasteiger partial charge in [0.2, 0.25) is 0 Å². The number of benzene rings is 3. The lowest BCUT2D eigenvalue weighted by Gasteiger charge is -2.12. The number of rotatable bonds is 5. The van der Waals surface area contributed by atoms with Crippen molar-refractivity contribution in [3.8, 4) is 0 Å². The molecule has 3 rings (SSSR count). The van der Waals surface area contributed by atoms with E-state index in [9.17, 15) is 4.79 Å². The zero-order valence-corrected chi connectivity index (χ0v) is 15.1. The maximum absolute atomic E-state index is 12.8. The average molecular weight is 401 g/mol. The van der Waals surface area contributed by atoms with Crippen LogP contribution in [0.3, 0.4) is 0 Å². The van der Waals surface area contributed by atoms with Gasteiger partial charge in [-0.05, 0) is 35.9 Å². The Hall–Kier alpha value is -2.10. The summed E-state index contributed by atoms with van der Waals surface area (Å²) >= 11 is 9.57. The number of carbonyl (C=O) groups is 1. The highest BCUT2D eigenvalue weighted by Gasteiger charge is 2.14. The predicted octanol–water partition coefficient (Wildman–Crippen LogP) is 5.95. The van der Waals surface area contributed by atoms with Crippen molar-refractivity contribution in [2.45, 2.75) is 6.54 Å². The fourth-order valence-electron chi connectivity index (χ4n) is 2.45. The first-order valence-corrected chi connectivity index (χ1v) is 8.68. The monoisotopic (exact) mass is 399 g/mol. The SMILES string of the molecule is O=C(c1ccccc1)c1cc(Cl)ccc1NCc1cccc(Br)c1. The largest absolute Gasteiger partial charge is 0.380 e. The van der Waals surface area contributed by atoms with Crippen LogP contribution in [0.1, 0.15) is 21.5 Å². The van der Waals surface area contributed by atoms with Crippen molar-refractivity contribution in [3.05, 3.63) is 99.0 Å². The summed E-state index contributed by atoms with van der Waals surface area (Å²) in [6, 6.07) is 22.6. The fourth-order valence-corrected chi connectivity index (χ4v) is 3.07. The highest BCUT2D eigenvalue weighted by Crippen LogP contribution is 2.24. The second-order valence-electron chi connectivity index (χ2n) is 5.37. The van der Waals surface area contributed by atoms with Crippen LogP contribution in [0.15, 0.2) is 77.3 Å². The molecule has 120 valence electrons. The molecule has 0 bridgehead atoms. The Morgan fingerprint density at radius 1 is 0.958 bits per heavy atom. The van der Waals surface area contributed by atoms with Gasteiger partial charge in [0.25, 0.3) is 0 Å². The molecule has 4 heteroatoms. The van der Waals surface area contributed by atoms with Gasteiger partial charge in [0.05, 0.1) is 0 Å². The molecule has 3 aromatic carbocycles. The van der Waals surface area contributed by atoms with Crippen LogP contribution in [0.5, 0.6) is 0 Å². The van der Waals surface area contributed by atoms with Gasteiger partial charge in [0.15, 0.2) is 5.78 Å². The van der Waals surface area contributed by atoms with Crippen LogP contribution in [-0.2, 0) is 6.54 Å². The molecular formula is C20H15BrClNO. The Morgan fingerprint density at radius 3 is 2.50 bits per heavy atom. The maximum Gasteiger partial charge on any atom is 0.195 e. The Kier molecular flexibility index (Phi) is 5.34. The van der Waals surface area contributed by atoms with Gasteiger partial charge < -0.3 is 5.32 Å². The zero-order chi connectivity index (χ0) is 16.9. The minimum absolute atomic E-state index is 0.0464. The van der Waals surface area contributed by atoms with E-state index in [-0.39, 0.29) is 5.78 Å². The number of carbonyl (C=O) groups excluding carboxylic acids is 1. The predicted molar refractivity (Wildman–Crippen MR) is 103 cm³/mol. The fraction of sp³-hybridized carbons (Fsp3) is 0.0500. The molecule has 0 aliphatic heterocycles. The third-order valence-electron chi connectivity index (χ3n) is 3.63. The lowest BCUT2D eigenvalue weighted by molar-refractivity contribution is 0.103. The molecule has 0 spiro atoms. The Labute approximate surface area is 154 Å². The van der Waals surface area contributed by atoms with Gasteiger partial charge in [-0.25, -0.2) is 0 Å². The molecular weight excluding hydrogens is 386 g/mol. The van der Waals surface area contributed by atoms with Crippen molar-refractivity contribution >= 4 is 39.0 Å². The molecule has 0 unspecified atom stereocenters. The Balaban J connectivity index is 1.87. The summed E-state index contributed by atoms with van der Waals surface area (Å²) in [5, 5.41) is 3.88. The van der Waals surface area contributed by atoms with Crippen molar-refractivity contribution in [1.82, 2.24) is 0 Å². The number of halogens is 2. The summed E-state index contributed by atoms with van der Waals surface area (Å²) in [5.41, 5.74) is 3.11. The molecule has 1 N–H and O–H groups in total. The van der Waals surface area contributed by atoms with Crippen LogP contribution in [-0.4, -0.2) is 5.78 Å². The van der Waals surface area contributed by atoms with Gasteiger partial charge in [-0.3, -0.25) is 4.79 Å². The van der Waals surface area contributed by atoms with Gasteiger partial charge in [-0.2, -0.15) is 0 Å². The number of hydrogen-bond acceptors (Lipinski definition) is 2. The number of nitrogens with one attached hydrogen (secondary N) is 1. The molecule has 0 atom stereocenters. The van der Waals surface area contributed by atoms with Crippen LogP contribution in [0.25, 0.3) is 0 Å². The molecule has 0 amide bonds. The van der Waals surface area contributed by atoms with Crippen LogP contribution < -0.4 is 5.32 Å². The molecule has 0 radical (unpaired) electrons. The van der Waals surface area contributed by atoms with E-state index in [1.165, 1.54) is 0 Å². The van der Waals surface area contributed by atoms with Crippen molar-refractivity contribution in [3.63, 3.8) is 0 Å². The molecule has 0 heterocycles. The molecule has 0 saturated carbocycles. The molecule has 24 heavy (non-hydrogen) atoms. The van der Waals surface area contributed by atoms with E-state index in [1.54, 1.807) is 24.3 Å². The van der Waals surface area contributed by atoms with Crippen LogP contribution in [0, 0.1) is 0 Å². The van der Waals surface area contributed by atoms with Gasteiger partial charge in [-0.15, -0.1) is 0 Å². The third-order valence-corrected chi connectivity index (χ3v) is 4.36. The minimum atomic E-state index is -0.0464. The highest BCUT2D eigenvalue weighted by molar-refractivity contribution is 9.10. The summed E-state index contributed by atoms with van der Waals surface area (Å²) in [7, 11) is 0. The van der Waals surface area contributed by atoms with Crippen LogP contribution in [0.4, 0.5) is 5.69 Å². The summed E-state index contributed by atoms with van der Waals surface area (Å²) in [4.78, 5) is 12.8. The zero-order valence-electron chi connectivity index (χ0n) is 12.8. The maximum atomic E-state index is 12.8. The first-order valence-electron chi connectivity index (χ1n) is 7.51. The second kappa shape index (κ2) is 7.65. The van der Waals surface area contributed by atoms with Crippen LogP contribution in [0.2, 0.25) is 5.02 Å². The van der Waals surface area contributed by atoms with Crippen molar-refractivity contribution in [2.24, 2.45) is 0 Å². The van der Waals surface area contributed by atoms with E-state index < -0.39 is 0 Å². The highest BCUT2D eigenvalue weighted by atomic mass is 79.9.